The molecule has 1 aliphatic rings. The molecule has 2 aromatic carbocycles. The van der Waals surface area contributed by atoms with Crippen LogP contribution in [0.4, 0.5) is 11.6 Å². The number of benzene rings is 2. The Kier molecular flexibility index (Phi) is 7.72. The highest BCUT2D eigenvalue weighted by Crippen LogP contribution is 2.22. The van der Waals surface area contributed by atoms with E-state index in [9.17, 15) is 9.59 Å². The van der Waals surface area contributed by atoms with Gasteiger partial charge in [0, 0.05) is 60.8 Å². The van der Waals surface area contributed by atoms with E-state index in [2.05, 4.69) is 25.5 Å². The lowest BCUT2D eigenvalue weighted by Gasteiger charge is -2.34. The molecule has 0 unspecified atom stereocenters. The molecule has 0 radical (unpaired) electrons. The first-order valence-electron chi connectivity index (χ1n) is 11.3. The van der Waals surface area contributed by atoms with Crippen molar-refractivity contribution in [3.05, 3.63) is 71.4 Å². The number of rotatable bonds is 7. The largest absolute Gasteiger partial charge is 0.355 e. The molecule has 1 fully saturated rings. The monoisotopic (exact) mass is 478 g/mol. The van der Waals surface area contributed by atoms with Crippen LogP contribution in [0.1, 0.15) is 17.3 Å². The number of anilines is 2. The van der Waals surface area contributed by atoms with E-state index in [0.29, 0.717) is 55.8 Å². The highest BCUT2D eigenvalue weighted by atomic mass is 35.5. The van der Waals surface area contributed by atoms with E-state index >= 15 is 0 Å². The lowest BCUT2D eigenvalue weighted by molar-refractivity contribution is -0.122. The Bertz CT molecular complexity index is 1130. The van der Waals surface area contributed by atoms with E-state index in [1.165, 1.54) is 0 Å². The van der Waals surface area contributed by atoms with Gasteiger partial charge < -0.3 is 15.5 Å². The number of aromatic nitrogens is 2. The van der Waals surface area contributed by atoms with Gasteiger partial charge in [-0.25, -0.2) is 9.97 Å². The number of hydrogen-bond donors (Lipinski definition) is 2. The minimum atomic E-state index is -0.00908. The zero-order valence-electron chi connectivity index (χ0n) is 19.0. The van der Waals surface area contributed by atoms with Gasteiger partial charge in [-0.2, -0.15) is 0 Å². The molecule has 2 heterocycles. The Morgan fingerprint density at radius 2 is 1.68 bits per heavy atom. The molecule has 8 nitrogen and oxygen atoms in total. The van der Waals surface area contributed by atoms with Crippen LogP contribution < -0.4 is 10.6 Å². The van der Waals surface area contributed by atoms with Gasteiger partial charge in [0.05, 0.1) is 12.2 Å². The lowest BCUT2D eigenvalue weighted by Crippen LogP contribution is -2.51. The van der Waals surface area contributed by atoms with Gasteiger partial charge >= 0.3 is 0 Å². The number of likely N-dealkylation sites (N-methyl/N-ethyl adjacent to an activating group) is 1. The van der Waals surface area contributed by atoms with Crippen molar-refractivity contribution in [1.29, 1.82) is 0 Å². The molecule has 1 aromatic heterocycles. The minimum absolute atomic E-state index is 0.00908. The Morgan fingerprint density at radius 3 is 2.35 bits per heavy atom. The highest BCUT2D eigenvalue weighted by molar-refractivity contribution is 6.30. The first-order chi connectivity index (χ1) is 16.5. The van der Waals surface area contributed by atoms with Gasteiger partial charge in [-0.05, 0) is 49.4 Å². The first kappa shape index (κ1) is 23.7. The number of carbonyl (C=O) groups excluding carboxylic acids is 2. The Hall–Kier alpha value is -3.49. The van der Waals surface area contributed by atoms with E-state index in [4.69, 9.17) is 11.6 Å². The van der Waals surface area contributed by atoms with Crippen LogP contribution in [0, 0.1) is 0 Å². The highest BCUT2D eigenvalue weighted by Gasteiger charge is 2.23. The smallest absolute Gasteiger partial charge is 0.253 e. The summed E-state index contributed by atoms with van der Waals surface area (Å²) in [5.74, 6) is 0.480. The van der Waals surface area contributed by atoms with E-state index in [-0.39, 0.29) is 11.8 Å². The second kappa shape index (κ2) is 11.1. The van der Waals surface area contributed by atoms with Crippen molar-refractivity contribution in [2.24, 2.45) is 0 Å². The second-order valence-corrected chi connectivity index (χ2v) is 8.43. The number of piperazine rings is 1. The zero-order valence-corrected chi connectivity index (χ0v) is 19.8. The van der Waals surface area contributed by atoms with E-state index in [0.717, 1.165) is 16.9 Å². The number of carbonyl (C=O) groups is 2. The van der Waals surface area contributed by atoms with Gasteiger partial charge in [-0.1, -0.05) is 23.7 Å². The van der Waals surface area contributed by atoms with Gasteiger partial charge in [0.25, 0.3) is 5.91 Å². The third kappa shape index (κ3) is 6.09. The molecule has 0 aliphatic carbocycles. The minimum Gasteiger partial charge on any atom is -0.355 e. The maximum atomic E-state index is 12.9. The molecule has 2 N–H and O–H groups in total. The third-order valence-corrected chi connectivity index (χ3v) is 5.84. The first-order valence-corrected chi connectivity index (χ1v) is 11.6. The number of amides is 2. The fraction of sp³-hybridized carbons (Fsp3) is 0.280. The summed E-state index contributed by atoms with van der Waals surface area (Å²) in [6.07, 6.45) is 1.70. The predicted octanol–water partition coefficient (Wildman–Crippen LogP) is 3.43. The molecule has 0 saturated carbocycles. The van der Waals surface area contributed by atoms with Crippen LogP contribution in [0.15, 0.2) is 60.8 Å². The lowest BCUT2D eigenvalue weighted by atomic mass is 10.1. The summed E-state index contributed by atoms with van der Waals surface area (Å²) < 4.78 is 0. The van der Waals surface area contributed by atoms with Crippen LogP contribution in [0.2, 0.25) is 5.02 Å². The van der Waals surface area contributed by atoms with Gasteiger partial charge in [0.2, 0.25) is 11.9 Å². The second-order valence-electron chi connectivity index (χ2n) is 8.00. The summed E-state index contributed by atoms with van der Waals surface area (Å²) in [5.41, 5.74) is 3.14. The van der Waals surface area contributed by atoms with Gasteiger partial charge in [-0.3, -0.25) is 14.5 Å². The van der Waals surface area contributed by atoms with Crippen LogP contribution in [-0.4, -0.2) is 70.9 Å². The Morgan fingerprint density at radius 1 is 0.971 bits per heavy atom. The topological polar surface area (TPSA) is 90.5 Å². The van der Waals surface area contributed by atoms with Crippen molar-refractivity contribution in [1.82, 2.24) is 25.1 Å². The predicted molar refractivity (Wildman–Crippen MR) is 133 cm³/mol. The number of hydrogen-bond acceptors (Lipinski definition) is 6. The fourth-order valence-corrected chi connectivity index (χ4v) is 3.90. The number of nitrogens with one attached hydrogen (secondary N) is 2. The van der Waals surface area contributed by atoms with Crippen molar-refractivity contribution < 1.29 is 9.59 Å². The number of halogens is 1. The van der Waals surface area contributed by atoms with Crippen molar-refractivity contribution >= 4 is 35.1 Å². The summed E-state index contributed by atoms with van der Waals surface area (Å²) in [4.78, 5) is 37.4. The van der Waals surface area contributed by atoms with E-state index in [1.807, 2.05) is 54.3 Å². The number of nitrogens with zero attached hydrogens (tertiary/aromatic N) is 4. The van der Waals surface area contributed by atoms with Gasteiger partial charge in [0.15, 0.2) is 0 Å². The quantitative estimate of drug-likeness (QED) is 0.540. The summed E-state index contributed by atoms with van der Waals surface area (Å²) >= 11 is 5.97. The molecule has 0 spiro atoms. The average Bonchev–Trinajstić information content (AvgIpc) is 2.85. The summed E-state index contributed by atoms with van der Waals surface area (Å²) in [6, 6.07) is 16.6. The molecule has 34 heavy (non-hydrogen) atoms. The molecular formula is C25H27ClN6O2. The van der Waals surface area contributed by atoms with Crippen LogP contribution in [-0.2, 0) is 4.79 Å². The molecule has 176 valence electrons. The summed E-state index contributed by atoms with van der Waals surface area (Å²) in [7, 11) is 0. The third-order valence-electron chi connectivity index (χ3n) is 5.58. The molecule has 0 atom stereocenters. The summed E-state index contributed by atoms with van der Waals surface area (Å²) in [5, 5.41) is 6.67. The molecule has 3 aromatic rings. The normalized spacial score (nSPS) is 14.0. The van der Waals surface area contributed by atoms with Crippen LogP contribution in [0.25, 0.3) is 11.3 Å². The van der Waals surface area contributed by atoms with Gasteiger partial charge in [-0.15, -0.1) is 0 Å². The van der Waals surface area contributed by atoms with Crippen LogP contribution >= 0.6 is 11.6 Å². The van der Waals surface area contributed by atoms with Crippen molar-refractivity contribution in [3.8, 4) is 11.3 Å². The Labute approximate surface area is 204 Å². The average molecular weight is 479 g/mol. The molecule has 2 amide bonds. The van der Waals surface area contributed by atoms with E-state index < -0.39 is 0 Å². The SMILES string of the molecule is CCNC(=O)CN1CCN(C(=O)c2ccc(Nc3nccc(-c4ccc(Cl)cc4)n3)cc2)CC1. The standard InChI is InChI=1S/C25H27ClN6O2/c1-2-27-23(33)17-31-13-15-32(16-14-31)24(34)19-5-9-21(10-6-19)29-25-28-12-11-22(30-25)18-3-7-20(26)8-4-18/h3-12H,2,13-17H2,1H3,(H,27,33)(H,28,29,30). The van der Waals surface area contributed by atoms with Crippen LogP contribution in [0.5, 0.6) is 0 Å². The van der Waals surface area contributed by atoms with Crippen LogP contribution in [0.3, 0.4) is 0 Å². The molecule has 9 heteroatoms. The van der Waals surface area contributed by atoms with Gasteiger partial charge in [0.1, 0.15) is 0 Å². The van der Waals surface area contributed by atoms with Crippen molar-refractivity contribution in [2.75, 3.05) is 44.6 Å². The fourth-order valence-electron chi connectivity index (χ4n) is 3.77. The summed E-state index contributed by atoms with van der Waals surface area (Å²) in [6.45, 7) is 5.47. The molecule has 4 rings (SSSR count). The maximum absolute atomic E-state index is 12.9. The Balaban J connectivity index is 1.34. The maximum Gasteiger partial charge on any atom is 0.253 e. The van der Waals surface area contributed by atoms with Crippen molar-refractivity contribution in [3.63, 3.8) is 0 Å². The molecule has 1 saturated heterocycles. The zero-order chi connectivity index (χ0) is 23.9. The molecule has 1 aliphatic heterocycles. The molecular weight excluding hydrogens is 452 g/mol. The van der Waals surface area contributed by atoms with Crippen molar-refractivity contribution in [2.45, 2.75) is 6.92 Å². The van der Waals surface area contributed by atoms with E-state index in [1.54, 1.807) is 18.3 Å². The molecule has 0 bridgehead atoms.